The van der Waals surface area contributed by atoms with E-state index in [-0.39, 0.29) is 11.8 Å². The summed E-state index contributed by atoms with van der Waals surface area (Å²) in [6, 6.07) is 22.8. The van der Waals surface area contributed by atoms with Gasteiger partial charge in [-0.05, 0) is 57.4 Å². The van der Waals surface area contributed by atoms with Crippen LogP contribution in [0, 0.1) is 0 Å². The van der Waals surface area contributed by atoms with Crippen LogP contribution in [0.2, 0.25) is 0 Å². The minimum Gasteiger partial charge on any atom is -0.494 e. The molecule has 4 aromatic rings. The van der Waals surface area contributed by atoms with E-state index in [2.05, 4.69) is 9.88 Å². The molecule has 7 heteroatoms. The van der Waals surface area contributed by atoms with Crippen molar-refractivity contribution >= 4 is 28.2 Å². The molecule has 0 saturated heterocycles. The Labute approximate surface area is 211 Å². The highest BCUT2D eigenvalue weighted by molar-refractivity contribution is 6.22. The first-order valence-corrected chi connectivity index (χ1v) is 12.0. The maximum atomic E-state index is 12.6. The van der Waals surface area contributed by atoms with Gasteiger partial charge in [0.2, 0.25) is 0 Å². The molecule has 3 aromatic carbocycles. The molecule has 1 aromatic heterocycles. The number of benzene rings is 3. The predicted molar refractivity (Wildman–Crippen MR) is 145 cm³/mol. The number of hydrogen-bond acceptors (Lipinski definition) is 5. The molecular weight excluding hydrogens is 452 g/mol. The van der Waals surface area contributed by atoms with Crippen molar-refractivity contribution in [3.05, 3.63) is 89.5 Å². The number of aromatic hydroxyl groups is 1. The zero-order valence-corrected chi connectivity index (χ0v) is 21.2. The van der Waals surface area contributed by atoms with E-state index in [1.54, 1.807) is 24.1 Å². The number of ether oxygens (including phenoxy) is 1. The first-order valence-electron chi connectivity index (χ1n) is 12.0. The lowest BCUT2D eigenvalue weighted by Gasteiger charge is -2.14. The van der Waals surface area contributed by atoms with E-state index >= 15 is 0 Å². The molecule has 0 bridgehead atoms. The lowest BCUT2D eigenvalue weighted by Crippen LogP contribution is -2.26. The largest absolute Gasteiger partial charge is 0.494 e. The van der Waals surface area contributed by atoms with Crippen LogP contribution in [0.25, 0.3) is 10.9 Å². The second-order valence-electron chi connectivity index (χ2n) is 8.90. The van der Waals surface area contributed by atoms with Gasteiger partial charge < -0.3 is 24.6 Å². The van der Waals surface area contributed by atoms with E-state index in [9.17, 15) is 9.90 Å². The molecule has 0 fully saturated rings. The van der Waals surface area contributed by atoms with Crippen molar-refractivity contribution in [2.75, 3.05) is 40.8 Å². The molecule has 36 heavy (non-hydrogen) atoms. The fourth-order valence-electron chi connectivity index (χ4n) is 3.87. The van der Waals surface area contributed by atoms with E-state index < -0.39 is 0 Å². The van der Waals surface area contributed by atoms with Crippen molar-refractivity contribution in [3.63, 3.8) is 0 Å². The van der Waals surface area contributed by atoms with Crippen LogP contribution in [0.15, 0.2) is 77.8 Å². The maximum Gasteiger partial charge on any atom is 0.253 e. The van der Waals surface area contributed by atoms with Crippen molar-refractivity contribution in [1.29, 1.82) is 0 Å². The molecule has 0 aliphatic rings. The number of carbonyl (C=O) groups is 1. The number of nitrogens with zero attached hydrogens (tertiary/aromatic N) is 3. The quantitative estimate of drug-likeness (QED) is 0.325. The Morgan fingerprint density at radius 2 is 1.69 bits per heavy atom. The number of aliphatic imine (C=N–C) groups is 1. The molecule has 186 valence electrons. The highest BCUT2D eigenvalue weighted by atomic mass is 16.5. The Balaban J connectivity index is 1.74. The Kier molecular flexibility index (Phi) is 7.71. The van der Waals surface area contributed by atoms with Crippen LogP contribution in [-0.2, 0) is 0 Å². The van der Waals surface area contributed by atoms with Crippen LogP contribution >= 0.6 is 0 Å². The van der Waals surface area contributed by atoms with Gasteiger partial charge in [0.25, 0.3) is 5.91 Å². The van der Waals surface area contributed by atoms with Crippen LogP contribution in [0.5, 0.6) is 11.6 Å². The molecule has 0 aliphatic heterocycles. The normalized spacial score (nSPS) is 11.8. The molecule has 7 nitrogen and oxygen atoms in total. The average molecular weight is 485 g/mol. The third-order valence-corrected chi connectivity index (χ3v) is 6.02. The van der Waals surface area contributed by atoms with Gasteiger partial charge in [-0.25, -0.2) is 4.99 Å². The van der Waals surface area contributed by atoms with E-state index in [4.69, 9.17) is 9.73 Å². The second kappa shape index (κ2) is 11.1. The van der Waals surface area contributed by atoms with Crippen molar-refractivity contribution in [2.24, 2.45) is 4.99 Å². The van der Waals surface area contributed by atoms with Gasteiger partial charge in [0.15, 0.2) is 5.88 Å². The summed E-state index contributed by atoms with van der Waals surface area (Å²) in [6.45, 7) is 3.98. The number of rotatable bonds is 9. The number of H-pyrrole nitrogens is 1. The number of aromatic amines is 1. The molecule has 0 aliphatic carbocycles. The SMILES string of the molecule is CCN(C)C(=O)c1ccc2c(C(=Nc3ccc(OCCN(C)C)cc3)c3ccccc3)c(O)[nH]c2c1. The first kappa shape index (κ1) is 25.0. The number of fused-ring (bicyclic) bond motifs is 1. The maximum absolute atomic E-state index is 12.6. The van der Waals surface area contributed by atoms with Crippen molar-refractivity contribution < 1.29 is 14.6 Å². The molecule has 0 radical (unpaired) electrons. The molecule has 2 N–H and O–H groups in total. The van der Waals surface area contributed by atoms with Gasteiger partial charge in [-0.2, -0.15) is 0 Å². The first-order chi connectivity index (χ1) is 17.4. The zero-order valence-electron chi connectivity index (χ0n) is 21.2. The van der Waals surface area contributed by atoms with Gasteiger partial charge in [-0.1, -0.05) is 36.4 Å². The van der Waals surface area contributed by atoms with Gasteiger partial charge in [0.1, 0.15) is 12.4 Å². The molecule has 4 rings (SSSR count). The van der Waals surface area contributed by atoms with E-state index in [0.717, 1.165) is 28.9 Å². The molecule has 1 heterocycles. The van der Waals surface area contributed by atoms with Gasteiger partial charge in [0.05, 0.1) is 17.0 Å². The van der Waals surface area contributed by atoms with E-state index in [0.29, 0.717) is 35.5 Å². The molecular formula is C29H32N4O3. The Morgan fingerprint density at radius 1 is 0.972 bits per heavy atom. The minimum atomic E-state index is -0.0696. The van der Waals surface area contributed by atoms with Crippen molar-refractivity contribution in [1.82, 2.24) is 14.8 Å². The summed E-state index contributed by atoms with van der Waals surface area (Å²) in [4.78, 5) is 24.3. The van der Waals surface area contributed by atoms with Gasteiger partial charge in [0, 0.05) is 42.2 Å². The molecule has 1 amide bonds. The average Bonchev–Trinajstić information content (AvgIpc) is 3.22. The number of carbonyl (C=O) groups excluding carboxylic acids is 1. The standard InChI is InChI=1S/C29H32N4O3/c1-5-33(4)29(35)21-11-16-24-25(19-21)31-28(34)26(24)27(20-9-7-6-8-10-20)30-22-12-14-23(15-13-22)36-18-17-32(2)3/h6-16,19,31,34H,5,17-18H2,1-4H3. The summed E-state index contributed by atoms with van der Waals surface area (Å²) < 4.78 is 5.80. The molecule has 0 saturated carbocycles. The smallest absolute Gasteiger partial charge is 0.253 e. The summed E-state index contributed by atoms with van der Waals surface area (Å²) in [5, 5.41) is 11.7. The number of nitrogens with one attached hydrogen (secondary N) is 1. The topological polar surface area (TPSA) is 81.2 Å². The fourth-order valence-corrected chi connectivity index (χ4v) is 3.87. The Bertz CT molecular complexity index is 1360. The van der Waals surface area contributed by atoms with Crippen LogP contribution in [0.4, 0.5) is 5.69 Å². The highest BCUT2D eigenvalue weighted by Gasteiger charge is 2.20. The molecule has 0 atom stereocenters. The van der Waals surface area contributed by atoms with E-state index in [1.165, 1.54) is 0 Å². The molecule has 0 unspecified atom stereocenters. The van der Waals surface area contributed by atoms with Gasteiger partial charge in [-0.15, -0.1) is 0 Å². The second-order valence-corrected chi connectivity index (χ2v) is 8.90. The fraction of sp³-hybridized carbons (Fsp3) is 0.241. The third-order valence-electron chi connectivity index (χ3n) is 6.02. The van der Waals surface area contributed by atoms with Crippen LogP contribution in [0.1, 0.15) is 28.4 Å². The predicted octanol–water partition coefficient (Wildman–Crippen LogP) is 5.07. The zero-order chi connectivity index (χ0) is 25.7. The van der Waals surface area contributed by atoms with Crippen LogP contribution in [0.3, 0.4) is 0 Å². The summed E-state index contributed by atoms with van der Waals surface area (Å²) in [5.41, 5.74) is 4.05. The monoisotopic (exact) mass is 484 g/mol. The van der Waals surface area contributed by atoms with Gasteiger partial charge >= 0.3 is 0 Å². The van der Waals surface area contributed by atoms with Crippen molar-refractivity contribution in [3.8, 4) is 11.6 Å². The number of likely N-dealkylation sites (N-methyl/N-ethyl adjacent to an activating group) is 1. The number of aromatic nitrogens is 1. The highest BCUT2D eigenvalue weighted by Crippen LogP contribution is 2.32. The minimum absolute atomic E-state index is 0.00434. The summed E-state index contributed by atoms with van der Waals surface area (Å²) >= 11 is 0. The van der Waals surface area contributed by atoms with Crippen LogP contribution < -0.4 is 4.74 Å². The molecule has 0 spiro atoms. The number of hydrogen-bond donors (Lipinski definition) is 2. The summed E-state index contributed by atoms with van der Waals surface area (Å²) in [6.07, 6.45) is 0. The lowest BCUT2D eigenvalue weighted by molar-refractivity contribution is 0.0802. The Hall–Kier alpha value is -4.10. The summed E-state index contributed by atoms with van der Waals surface area (Å²) in [5.74, 6) is 0.714. The number of amides is 1. The van der Waals surface area contributed by atoms with Crippen molar-refractivity contribution in [2.45, 2.75) is 6.92 Å². The summed E-state index contributed by atoms with van der Waals surface area (Å²) in [7, 11) is 5.78. The Morgan fingerprint density at radius 3 is 2.36 bits per heavy atom. The van der Waals surface area contributed by atoms with E-state index in [1.807, 2.05) is 81.7 Å². The lowest BCUT2D eigenvalue weighted by atomic mass is 10.00. The van der Waals surface area contributed by atoms with Crippen LogP contribution in [-0.4, -0.2) is 72.3 Å². The van der Waals surface area contributed by atoms with Gasteiger partial charge in [-0.3, -0.25) is 4.79 Å². The third kappa shape index (κ3) is 5.58.